The number of rotatable bonds is 13. The van der Waals surface area contributed by atoms with Crippen LogP contribution in [0.25, 0.3) is 0 Å². The summed E-state index contributed by atoms with van der Waals surface area (Å²) in [6.45, 7) is 12.5. The highest BCUT2D eigenvalue weighted by Crippen LogP contribution is 2.15. The summed E-state index contributed by atoms with van der Waals surface area (Å²) in [5.41, 5.74) is 0. The summed E-state index contributed by atoms with van der Waals surface area (Å²) in [5.74, 6) is 2.51. The van der Waals surface area contributed by atoms with Gasteiger partial charge >= 0.3 is 0 Å². The number of aliphatic hydroxyl groups is 1. The third-order valence-electron chi connectivity index (χ3n) is 4.33. The molecule has 148 valence electrons. The molecule has 0 spiro atoms. The van der Waals surface area contributed by atoms with E-state index in [-0.39, 0.29) is 6.61 Å². The molecule has 1 rings (SSSR count). The highest BCUT2D eigenvalue weighted by molar-refractivity contribution is 5.79. The normalized spacial score (nSPS) is 19.4. The molecule has 2 atom stereocenters. The van der Waals surface area contributed by atoms with Gasteiger partial charge in [0.2, 0.25) is 0 Å². The van der Waals surface area contributed by atoms with Gasteiger partial charge in [0.05, 0.1) is 13.2 Å². The van der Waals surface area contributed by atoms with Crippen molar-refractivity contribution in [1.29, 1.82) is 0 Å². The summed E-state index contributed by atoms with van der Waals surface area (Å²) in [6.07, 6.45) is 4.01. The van der Waals surface area contributed by atoms with Crippen LogP contribution >= 0.6 is 0 Å². The molecule has 6 heteroatoms. The lowest BCUT2D eigenvalue weighted by Crippen LogP contribution is -2.38. The number of guanidine groups is 1. The van der Waals surface area contributed by atoms with E-state index in [1.807, 2.05) is 0 Å². The number of nitrogens with zero attached hydrogens (tertiary/aromatic N) is 1. The SMILES string of the molecule is CCNC(=NCC(CCO)CC(C)C)NCCCOCC1CCOC1. The van der Waals surface area contributed by atoms with Crippen molar-refractivity contribution in [2.45, 2.75) is 46.5 Å². The van der Waals surface area contributed by atoms with E-state index in [0.29, 0.717) is 17.8 Å². The topological polar surface area (TPSA) is 75.1 Å². The predicted octanol–water partition coefficient (Wildman–Crippen LogP) is 2.03. The number of ether oxygens (including phenoxy) is 2. The zero-order valence-corrected chi connectivity index (χ0v) is 16.4. The zero-order chi connectivity index (χ0) is 18.3. The summed E-state index contributed by atoms with van der Waals surface area (Å²) in [5, 5.41) is 15.9. The van der Waals surface area contributed by atoms with Crippen molar-refractivity contribution in [2.75, 3.05) is 52.7 Å². The maximum atomic E-state index is 9.22. The quantitative estimate of drug-likeness (QED) is 0.267. The Bertz CT molecular complexity index is 345. The van der Waals surface area contributed by atoms with E-state index < -0.39 is 0 Å². The van der Waals surface area contributed by atoms with E-state index in [9.17, 15) is 5.11 Å². The van der Waals surface area contributed by atoms with Gasteiger partial charge in [-0.3, -0.25) is 4.99 Å². The molecule has 0 aromatic heterocycles. The molecule has 1 fully saturated rings. The van der Waals surface area contributed by atoms with Crippen LogP contribution < -0.4 is 10.6 Å². The lowest BCUT2D eigenvalue weighted by atomic mass is 9.94. The maximum absolute atomic E-state index is 9.22. The van der Waals surface area contributed by atoms with Crippen molar-refractivity contribution in [3.8, 4) is 0 Å². The van der Waals surface area contributed by atoms with Gasteiger partial charge in [0.1, 0.15) is 0 Å². The Hall–Kier alpha value is -0.850. The molecule has 0 aliphatic carbocycles. The second-order valence-electron chi connectivity index (χ2n) is 7.31. The Kier molecular flexibility index (Phi) is 12.7. The van der Waals surface area contributed by atoms with E-state index >= 15 is 0 Å². The van der Waals surface area contributed by atoms with Crippen LogP contribution in [0.4, 0.5) is 0 Å². The summed E-state index contributed by atoms with van der Waals surface area (Å²) >= 11 is 0. The fourth-order valence-electron chi connectivity index (χ4n) is 3.04. The van der Waals surface area contributed by atoms with Crippen molar-refractivity contribution in [1.82, 2.24) is 10.6 Å². The van der Waals surface area contributed by atoms with Crippen molar-refractivity contribution < 1.29 is 14.6 Å². The van der Waals surface area contributed by atoms with Crippen LogP contribution in [0.1, 0.15) is 46.5 Å². The van der Waals surface area contributed by atoms with Gasteiger partial charge in [-0.15, -0.1) is 0 Å². The van der Waals surface area contributed by atoms with E-state index in [4.69, 9.17) is 14.5 Å². The largest absolute Gasteiger partial charge is 0.396 e. The summed E-state index contributed by atoms with van der Waals surface area (Å²) in [4.78, 5) is 4.69. The van der Waals surface area contributed by atoms with Crippen LogP contribution in [0.2, 0.25) is 0 Å². The first-order valence-corrected chi connectivity index (χ1v) is 9.94. The van der Waals surface area contributed by atoms with Crippen LogP contribution in [-0.2, 0) is 9.47 Å². The first-order valence-electron chi connectivity index (χ1n) is 9.94. The first-order chi connectivity index (χ1) is 12.2. The van der Waals surface area contributed by atoms with Gasteiger partial charge in [0.15, 0.2) is 5.96 Å². The highest BCUT2D eigenvalue weighted by Gasteiger charge is 2.15. The third kappa shape index (κ3) is 11.4. The van der Waals surface area contributed by atoms with Gasteiger partial charge in [-0.05, 0) is 44.4 Å². The molecular weight excluding hydrogens is 318 g/mol. The molecular formula is C19H39N3O3. The minimum atomic E-state index is 0.236. The third-order valence-corrected chi connectivity index (χ3v) is 4.33. The van der Waals surface area contributed by atoms with E-state index in [1.165, 1.54) is 0 Å². The number of aliphatic hydroxyl groups excluding tert-OH is 1. The molecule has 0 amide bonds. The fourth-order valence-corrected chi connectivity index (χ4v) is 3.04. The van der Waals surface area contributed by atoms with Crippen molar-refractivity contribution in [3.05, 3.63) is 0 Å². The molecule has 0 aromatic rings. The van der Waals surface area contributed by atoms with Crippen LogP contribution in [0.5, 0.6) is 0 Å². The second-order valence-corrected chi connectivity index (χ2v) is 7.31. The van der Waals surface area contributed by atoms with Crippen LogP contribution in [0, 0.1) is 17.8 Å². The Labute approximate surface area is 153 Å². The molecule has 25 heavy (non-hydrogen) atoms. The minimum Gasteiger partial charge on any atom is -0.396 e. The average molecular weight is 358 g/mol. The zero-order valence-electron chi connectivity index (χ0n) is 16.4. The Morgan fingerprint density at radius 2 is 2.20 bits per heavy atom. The maximum Gasteiger partial charge on any atom is 0.191 e. The molecule has 1 aliphatic heterocycles. The molecule has 0 aromatic carbocycles. The van der Waals surface area contributed by atoms with Crippen molar-refractivity contribution in [2.24, 2.45) is 22.7 Å². The lowest BCUT2D eigenvalue weighted by molar-refractivity contribution is 0.0888. The fraction of sp³-hybridized carbons (Fsp3) is 0.947. The van der Waals surface area contributed by atoms with Gasteiger partial charge < -0.3 is 25.2 Å². The molecule has 1 saturated heterocycles. The standard InChI is InChI=1S/C19H39N3O3/c1-4-20-19(22-13-17(6-9-23)12-16(2)3)21-8-5-10-24-14-18-7-11-25-15-18/h16-18,23H,4-15H2,1-3H3,(H2,20,21,22). The second kappa shape index (κ2) is 14.3. The predicted molar refractivity (Wildman–Crippen MR) is 103 cm³/mol. The smallest absolute Gasteiger partial charge is 0.191 e. The minimum absolute atomic E-state index is 0.236. The molecule has 3 N–H and O–H groups in total. The van der Waals surface area contributed by atoms with Crippen LogP contribution in [0.3, 0.4) is 0 Å². The van der Waals surface area contributed by atoms with E-state index in [1.54, 1.807) is 0 Å². The number of aliphatic imine (C=N–C) groups is 1. The number of hydrogen-bond acceptors (Lipinski definition) is 4. The van der Waals surface area contributed by atoms with Gasteiger partial charge in [-0.2, -0.15) is 0 Å². The van der Waals surface area contributed by atoms with Gasteiger partial charge in [0.25, 0.3) is 0 Å². The molecule has 2 unspecified atom stereocenters. The monoisotopic (exact) mass is 357 g/mol. The van der Waals surface area contributed by atoms with Crippen molar-refractivity contribution >= 4 is 5.96 Å². The molecule has 6 nitrogen and oxygen atoms in total. The van der Waals surface area contributed by atoms with Crippen molar-refractivity contribution in [3.63, 3.8) is 0 Å². The number of nitrogens with one attached hydrogen (secondary N) is 2. The van der Waals surface area contributed by atoms with E-state index in [2.05, 4.69) is 31.4 Å². The molecule has 0 bridgehead atoms. The van der Waals surface area contributed by atoms with Gasteiger partial charge in [-0.1, -0.05) is 13.8 Å². The highest BCUT2D eigenvalue weighted by atomic mass is 16.5. The molecule has 0 saturated carbocycles. The van der Waals surface area contributed by atoms with E-state index in [0.717, 1.165) is 77.7 Å². The molecule has 1 aliphatic rings. The summed E-state index contributed by atoms with van der Waals surface area (Å²) < 4.78 is 11.1. The molecule has 0 radical (unpaired) electrons. The Morgan fingerprint density at radius 3 is 2.84 bits per heavy atom. The average Bonchev–Trinajstić information content (AvgIpc) is 3.08. The summed E-state index contributed by atoms with van der Waals surface area (Å²) in [7, 11) is 0. The summed E-state index contributed by atoms with van der Waals surface area (Å²) in [6, 6.07) is 0. The van der Waals surface area contributed by atoms with Gasteiger partial charge in [-0.25, -0.2) is 0 Å². The lowest BCUT2D eigenvalue weighted by Gasteiger charge is -2.17. The Balaban J connectivity index is 2.21. The van der Waals surface area contributed by atoms with Crippen LogP contribution in [-0.4, -0.2) is 63.7 Å². The first kappa shape index (κ1) is 22.2. The van der Waals surface area contributed by atoms with Crippen LogP contribution in [0.15, 0.2) is 4.99 Å². The Morgan fingerprint density at radius 1 is 1.36 bits per heavy atom. The molecule has 1 heterocycles. The van der Waals surface area contributed by atoms with Gasteiger partial charge in [0, 0.05) is 45.4 Å². The number of hydrogen-bond donors (Lipinski definition) is 3.